The van der Waals surface area contributed by atoms with E-state index >= 15 is 0 Å². The van der Waals surface area contributed by atoms with Gasteiger partial charge in [0.15, 0.2) is 0 Å². The van der Waals surface area contributed by atoms with Crippen molar-refractivity contribution in [2.24, 2.45) is 5.10 Å². The molecule has 8 heteroatoms. The Morgan fingerprint density at radius 3 is 2.57 bits per heavy atom. The quantitative estimate of drug-likeness (QED) is 0.520. The average Bonchev–Trinajstić information content (AvgIpc) is 3.38. The van der Waals surface area contributed by atoms with Gasteiger partial charge in [0.25, 0.3) is 5.91 Å². The van der Waals surface area contributed by atoms with Crippen LogP contribution in [0.25, 0.3) is 0 Å². The van der Waals surface area contributed by atoms with Gasteiger partial charge in [-0.3, -0.25) is 14.5 Å². The third kappa shape index (κ3) is 6.37. The number of ether oxygens (including phenoxy) is 2. The van der Waals surface area contributed by atoms with Crippen LogP contribution in [0.1, 0.15) is 48.1 Å². The van der Waals surface area contributed by atoms with Crippen LogP contribution in [0.4, 0.5) is 0 Å². The van der Waals surface area contributed by atoms with Gasteiger partial charge in [-0.15, -0.1) is 0 Å². The van der Waals surface area contributed by atoms with E-state index in [2.05, 4.69) is 36.9 Å². The highest BCUT2D eigenvalue weighted by atomic mass is 16.5. The lowest BCUT2D eigenvalue weighted by Crippen LogP contribution is -2.46. The van der Waals surface area contributed by atoms with Crippen LogP contribution in [0.5, 0.6) is 5.75 Å². The molecule has 198 valence electrons. The minimum absolute atomic E-state index is 0.00757. The molecule has 1 saturated heterocycles. The summed E-state index contributed by atoms with van der Waals surface area (Å²) in [6.07, 6.45) is 0.924. The molecule has 0 aliphatic carbocycles. The van der Waals surface area contributed by atoms with E-state index in [0.717, 1.165) is 42.2 Å². The van der Waals surface area contributed by atoms with E-state index < -0.39 is 0 Å². The predicted molar refractivity (Wildman–Crippen MR) is 144 cm³/mol. The number of nitrogens with zero attached hydrogens (tertiary/aromatic N) is 4. The van der Waals surface area contributed by atoms with Gasteiger partial charge >= 0.3 is 0 Å². The Balaban J connectivity index is 1.59. The number of morpholine rings is 1. The Labute approximate surface area is 219 Å². The molecule has 0 aromatic heterocycles. The Bertz CT molecular complexity index is 1140. The second kappa shape index (κ2) is 12.3. The van der Waals surface area contributed by atoms with Gasteiger partial charge in [0.05, 0.1) is 32.1 Å². The van der Waals surface area contributed by atoms with Gasteiger partial charge in [-0.1, -0.05) is 37.3 Å². The third-order valence-electron chi connectivity index (χ3n) is 7.28. The molecule has 8 nitrogen and oxygen atoms in total. The highest BCUT2D eigenvalue weighted by molar-refractivity contribution is 6.03. The first kappa shape index (κ1) is 26.8. The first-order valence-corrected chi connectivity index (χ1v) is 13.1. The number of amides is 2. The zero-order valence-corrected chi connectivity index (χ0v) is 22.4. The maximum Gasteiger partial charge on any atom is 0.262 e. The summed E-state index contributed by atoms with van der Waals surface area (Å²) in [6.45, 7) is 10.3. The number of carbonyl (C=O) groups excluding carboxylic acids is 2. The van der Waals surface area contributed by atoms with Crippen LogP contribution in [-0.4, -0.2) is 85.4 Å². The van der Waals surface area contributed by atoms with Gasteiger partial charge in [-0.25, -0.2) is 5.01 Å². The number of para-hydroxylation sites is 1. The van der Waals surface area contributed by atoms with Crippen molar-refractivity contribution in [3.63, 3.8) is 0 Å². The fraction of sp³-hybridized carbons (Fsp3) is 0.483. The Morgan fingerprint density at radius 2 is 1.86 bits per heavy atom. The molecule has 1 atom stereocenters. The molecule has 0 bridgehead atoms. The zero-order valence-electron chi connectivity index (χ0n) is 22.4. The number of hydrazone groups is 1. The van der Waals surface area contributed by atoms with Gasteiger partial charge in [0.2, 0.25) is 5.91 Å². The molecule has 2 aliphatic heterocycles. The number of benzene rings is 2. The molecule has 1 fully saturated rings. The van der Waals surface area contributed by atoms with Crippen LogP contribution in [0.2, 0.25) is 0 Å². The first-order chi connectivity index (χ1) is 17.9. The highest BCUT2D eigenvalue weighted by Gasteiger charge is 2.36. The molecule has 4 rings (SSSR count). The van der Waals surface area contributed by atoms with Crippen molar-refractivity contribution in [2.45, 2.75) is 39.7 Å². The largest absolute Gasteiger partial charge is 0.496 e. The van der Waals surface area contributed by atoms with Crippen molar-refractivity contribution in [3.8, 4) is 5.75 Å². The fourth-order valence-electron chi connectivity index (χ4n) is 4.86. The van der Waals surface area contributed by atoms with Crippen LogP contribution in [0.3, 0.4) is 0 Å². The van der Waals surface area contributed by atoms with E-state index in [9.17, 15) is 9.59 Å². The number of carbonyl (C=O) groups is 2. The maximum atomic E-state index is 13.8. The third-order valence-corrected chi connectivity index (χ3v) is 7.28. The van der Waals surface area contributed by atoms with Gasteiger partial charge < -0.3 is 14.4 Å². The van der Waals surface area contributed by atoms with Crippen molar-refractivity contribution in [3.05, 3.63) is 64.7 Å². The number of rotatable bonds is 9. The fourth-order valence-corrected chi connectivity index (χ4v) is 4.86. The molecule has 2 heterocycles. The lowest BCUT2D eigenvalue weighted by molar-refractivity contribution is -0.141. The first-order valence-electron chi connectivity index (χ1n) is 13.1. The molecule has 0 saturated carbocycles. The standard InChI is InChI=1S/C29H38N4O4/c1-5-28(34)32(13-12-31-14-16-37-17-15-31)20-29(35)33-26(24-8-6-7-9-27(24)36-4)19-25(30-33)23-11-10-21(2)22(3)18-23/h6-11,18,26H,5,12-17,19-20H2,1-4H3. The smallest absolute Gasteiger partial charge is 0.262 e. The van der Waals surface area contributed by atoms with Crippen LogP contribution >= 0.6 is 0 Å². The molecule has 2 aromatic carbocycles. The van der Waals surface area contributed by atoms with E-state index in [4.69, 9.17) is 14.6 Å². The molecule has 2 aliphatic rings. The summed E-state index contributed by atoms with van der Waals surface area (Å²) < 4.78 is 11.1. The number of hydrogen-bond donors (Lipinski definition) is 0. The Morgan fingerprint density at radius 1 is 1.11 bits per heavy atom. The van der Waals surface area contributed by atoms with Crippen molar-refractivity contribution < 1.29 is 19.1 Å². The number of methoxy groups -OCH3 is 1. The van der Waals surface area contributed by atoms with Crippen LogP contribution < -0.4 is 4.74 Å². The van der Waals surface area contributed by atoms with Gasteiger partial charge in [-0.2, -0.15) is 5.10 Å². The van der Waals surface area contributed by atoms with Crippen LogP contribution in [-0.2, 0) is 14.3 Å². The van der Waals surface area contributed by atoms with E-state index in [-0.39, 0.29) is 24.4 Å². The van der Waals surface area contributed by atoms with Crippen molar-refractivity contribution in [2.75, 3.05) is 53.0 Å². The molecule has 0 spiro atoms. The normalized spacial score (nSPS) is 18.0. The van der Waals surface area contributed by atoms with Gasteiger partial charge in [0, 0.05) is 44.6 Å². The van der Waals surface area contributed by atoms with Crippen molar-refractivity contribution >= 4 is 17.5 Å². The van der Waals surface area contributed by atoms with E-state index in [1.165, 1.54) is 11.1 Å². The van der Waals surface area contributed by atoms with Crippen LogP contribution in [0.15, 0.2) is 47.6 Å². The minimum atomic E-state index is -0.307. The number of hydrogen-bond acceptors (Lipinski definition) is 6. The SMILES string of the molecule is CCC(=O)N(CCN1CCOCC1)CC(=O)N1N=C(c2ccc(C)c(C)c2)CC1c1ccccc1OC. The summed E-state index contributed by atoms with van der Waals surface area (Å²) in [5, 5.41) is 6.39. The Hall–Kier alpha value is -3.23. The molecule has 0 N–H and O–H groups in total. The lowest BCUT2D eigenvalue weighted by atomic mass is 9.96. The summed E-state index contributed by atoms with van der Waals surface area (Å²) in [6, 6.07) is 13.7. The number of aryl methyl sites for hydroxylation is 2. The van der Waals surface area contributed by atoms with E-state index in [1.54, 1.807) is 17.0 Å². The molecule has 0 radical (unpaired) electrons. The molecular weight excluding hydrogens is 468 g/mol. The summed E-state index contributed by atoms with van der Waals surface area (Å²) >= 11 is 0. The van der Waals surface area contributed by atoms with Gasteiger partial charge in [0.1, 0.15) is 12.3 Å². The molecule has 37 heavy (non-hydrogen) atoms. The van der Waals surface area contributed by atoms with Crippen molar-refractivity contribution in [1.82, 2.24) is 14.8 Å². The summed E-state index contributed by atoms with van der Waals surface area (Å²) in [4.78, 5) is 30.5. The van der Waals surface area contributed by atoms with Gasteiger partial charge in [-0.05, 0) is 42.7 Å². The van der Waals surface area contributed by atoms with E-state index in [1.807, 2.05) is 31.2 Å². The summed E-state index contributed by atoms with van der Waals surface area (Å²) in [5.74, 6) is 0.488. The molecule has 2 amide bonds. The Kier molecular flexibility index (Phi) is 8.95. The highest BCUT2D eigenvalue weighted by Crippen LogP contribution is 2.37. The monoisotopic (exact) mass is 506 g/mol. The minimum Gasteiger partial charge on any atom is -0.496 e. The summed E-state index contributed by atoms with van der Waals surface area (Å²) in [7, 11) is 1.64. The summed E-state index contributed by atoms with van der Waals surface area (Å²) in [5.41, 5.74) is 5.16. The zero-order chi connectivity index (χ0) is 26.4. The second-order valence-electron chi connectivity index (χ2n) is 9.67. The molecule has 2 aromatic rings. The average molecular weight is 507 g/mol. The lowest BCUT2D eigenvalue weighted by Gasteiger charge is -2.31. The second-order valence-corrected chi connectivity index (χ2v) is 9.67. The van der Waals surface area contributed by atoms with Crippen molar-refractivity contribution in [1.29, 1.82) is 0 Å². The predicted octanol–water partition coefficient (Wildman–Crippen LogP) is 3.56. The van der Waals surface area contributed by atoms with Crippen LogP contribution in [0, 0.1) is 13.8 Å². The molecular formula is C29H38N4O4. The van der Waals surface area contributed by atoms with E-state index in [0.29, 0.717) is 32.6 Å². The molecule has 1 unspecified atom stereocenters. The maximum absolute atomic E-state index is 13.8. The topological polar surface area (TPSA) is 74.7 Å².